The minimum atomic E-state index is 0.574. The molecule has 0 aliphatic carbocycles. The number of para-hydroxylation sites is 4. The number of fused-ring (bicyclic) bond motifs is 13. The van der Waals surface area contributed by atoms with Crippen LogP contribution in [0.25, 0.3) is 142 Å². The third-order valence-corrected chi connectivity index (χ3v) is 14.9. The second-order valence-corrected chi connectivity index (χ2v) is 18.6. The molecule has 0 amide bonds. The van der Waals surface area contributed by atoms with Crippen molar-refractivity contribution < 1.29 is 4.42 Å². The van der Waals surface area contributed by atoms with Crippen LogP contribution in [0.4, 0.5) is 0 Å². The van der Waals surface area contributed by atoms with Gasteiger partial charge in [-0.25, -0.2) is 15.0 Å². The van der Waals surface area contributed by atoms with Crippen LogP contribution in [0.3, 0.4) is 0 Å². The number of hydrogen-bond acceptors (Lipinski definition) is 5. The fraction of sp³-hybridized carbons (Fsp3) is 0. The Hall–Kier alpha value is -8.91. The van der Waals surface area contributed by atoms with Crippen LogP contribution in [0, 0.1) is 0 Å². The number of rotatable bonds is 5. The van der Waals surface area contributed by atoms with Crippen molar-refractivity contribution in [3.8, 4) is 45.5 Å². The number of furan rings is 1. The molecular weight excluding hydrogens is 851 g/mol. The van der Waals surface area contributed by atoms with Crippen LogP contribution in [-0.2, 0) is 0 Å². The molecule has 0 aliphatic rings. The van der Waals surface area contributed by atoms with Crippen LogP contribution in [-0.4, -0.2) is 24.1 Å². The van der Waals surface area contributed by atoms with Gasteiger partial charge in [0.15, 0.2) is 23.1 Å². The van der Waals surface area contributed by atoms with Crippen LogP contribution in [0.15, 0.2) is 217 Å². The SMILES string of the molecule is c1ccc(-n2c3ccccc3c3cc(-c4nc(-c5ccc6c(c5)sc5ccccc56)nc(-c5ccc(-n6c7ccccc7c7cc8ccccc8cc76)c6oc7ccccc7c56)n4)ccc32)cc1. The van der Waals surface area contributed by atoms with Gasteiger partial charge < -0.3 is 13.6 Å². The zero-order chi connectivity index (χ0) is 44.5. The van der Waals surface area contributed by atoms with Crippen molar-refractivity contribution >= 4 is 108 Å². The molecule has 68 heavy (non-hydrogen) atoms. The minimum absolute atomic E-state index is 0.574. The average Bonchev–Trinajstić information content (AvgIpc) is 4.15. The van der Waals surface area contributed by atoms with E-state index in [1.807, 2.05) is 12.1 Å². The summed E-state index contributed by atoms with van der Waals surface area (Å²) in [6.45, 7) is 0. The molecule has 0 fully saturated rings. The van der Waals surface area contributed by atoms with Gasteiger partial charge in [0.05, 0.1) is 27.8 Å². The van der Waals surface area contributed by atoms with Crippen LogP contribution in [0.2, 0.25) is 0 Å². The molecule has 0 bridgehead atoms. The molecule has 7 heteroatoms. The number of thiophene rings is 1. The lowest BCUT2D eigenvalue weighted by Gasteiger charge is -2.13. The molecule has 0 N–H and O–H groups in total. The summed E-state index contributed by atoms with van der Waals surface area (Å²) < 4.78 is 14.1. The summed E-state index contributed by atoms with van der Waals surface area (Å²) in [5.41, 5.74) is 10.8. The summed E-state index contributed by atoms with van der Waals surface area (Å²) in [5, 5.41) is 11.5. The second-order valence-electron chi connectivity index (χ2n) is 17.5. The van der Waals surface area contributed by atoms with Gasteiger partial charge in [-0.2, -0.15) is 0 Å². The van der Waals surface area contributed by atoms with Crippen LogP contribution in [0.1, 0.15) is 0 Å². The highest BCUT2D eigenvalue weighted by molar-refractivity contribution is 7.25. The fourth-order valence-electron chi connectivity index (χ4n) is 10.7. The van der Waals surface area contributed by atoms with Gasteiger partial charge in [0.2, 0.25) is 0 Å². The van der Waals surface area contributed by atoms with Crippen molar-refractivity contribution in [2.24, 2.45) is 0 Å². The minimum Gasteiger partial charge on any atom is -0.454 e. The van der Waals surface area contributed by atoms with Crippen molar-refractivity contribution in [1.29, 1.82) is 0 Å². The molecule has 316 valence electrons. The van der Waals surface area contributed by atoms with Gasteiger partial charge in [-0.1, -0.05) is 127 Å². The molecule has 0 saturated heterocycles. The van der Waals surface area contributed by atoms with Crippen molar-refractivity contribution in [3.05, 3.63) is 212 Å². The van der Waals surface area contributed by atoms with Crippen LogP contribution >= 0.6 is 11.3 Å². The number of nitrogens with zero attached hydrogens (tertiary/aromatic N) is 5. The number of hydrogen-bond donors (Lipinski definition) is 0. The summed E-state index contributed by atoms with van der Waals surface area (Å²) >= 11 is 1.79. The molecule has 0 aliphatic heterocycles. The Labute approximate surface area is 392 Å². The van der Waals surface area contributed by atoms with E-state index < -0.39 is 0 Å². The third kappa shape index (κ3) is 5.48. The largest absolute Gasteiger partial charge is 0.454 e. The highest BCUT2D eigenvalue weighted by atomic mass is 32.1. The maximum Gasteiger partial charge on any atom is 0.164 e. The normalized spacial score (nSPS) is 12.1. The predicted molar refractivity (Wildman–Crippen MR) is 282 cm³/mol. The topological polar surface area (TPSA) is 61.7 Å². The Morgan fingerprint density at radius 3 is 1.76 bits per heavy atom. The van der Waals surface area contributed by atoms with Crippen LogP contribution in [0.5, 0.6) is 0 Å². The molecule has 10 aromatic carbocycles. The van der Waals surface area contributed by atoms with Gasteiger partial charge in [0.1, 0.15) is 5.58 Å². The Morgan fingerprint density at radius 1 is 0.368 bits per heavy atom. The molecule has 0 unspecified atom stereocenters. The first kappa shape index (κ1) is 37.3. The van der Waals surface area contributed by atoms with Gasteiger partial charge in [-0.05, 0) is 95.7 Å². The van der Waals surface area contributed by atoms with Crippen molar-refractivity contribution in [2.75, 3.05) is 0 Å². The average molecular weight is 886 g/mol. The smallest absolute Gasteiger partial charge is 0.164 e. The Balaban J connectivity index is 0.995. The molecule has 6 nitrogen and oxygen atoms in total. The number of benzene rings is 10. The quantitative estimate of drug-likeness (QED) is 0.173. The molecule has 0 saturated carbocycles. The Morgan fingerprint density at radius 2 is 0.956 bits per heavy atom. The fourth-order valence-corrected chi connectivity index (χ4v) is 11.8. The van der Waals surface area contributed by atoms with E-state index in [-0.39, 0.29) is 0 Å². The number of aromatic nitrogens is 5. The Kier molecular flexibility index (Phi) is 7.85. The van der Waals surface area contributed by atoms with E-state index in [0.29, 0.717) is 17.5 Å². The Bertz CT molecular complexity index is 4580. The molecule has 15 aromatic rings. The molecular formula is C61H35N5OS. The second kappa shape index (κ2) is 14.3. The molecule has 5 aromatic heterocycles. The van der Waals surface area contributed by atoms with Crippen LogP contribution < -0.4 is 0 Å². The summed E-state index contributed by atoms with van der Waals surface area (Å²) in [6, 6.07) is 75.5. The van der Waals surface area contributed by atoms with Gasteiger partial charge in [-0.3, -0.25) is 0 Å². The highest BCUT2D eigenvalue weighted by Gasteiger charge is 2.24. The monoisotopic (exact) mass is 885 g/mol. The van der Waals surface area contributed by atoms with E-state index in [9.17, 15) is 0 Å². The molecule has 15 rings (SSSR count). The molecule has 0 radical (unpaired) electrons. The van der Waals surface area contributed by atoms with Crippen molar-refractivity contribution in [2.45, 2.75) is 0 Å². The van der Waals surface area contributed by atoms with Crippen molar-refractivity contribution in [3.63, 3.8) is 0 Å². The lowest BCUT2D eigenvalue weighted by atomic mass is 10.0. The third-order valence-electron chi connectivity index (χ3n) is 13.7. The maximum absolute atomic E-state index is 7.00. The zero-order valence-corrected chi connectivity index (χ0v) is 37.1. The zero-order valence-electron chi connectivity index (χ0n) is 36.3. The summed E-state index contributed by atoms with van der Waals surface area (Å²) in [4.78, 5) is 16.2. The van der Waals surface area contributed by atoms with E-state index in [1.54, 1.807) is 11.3 Å². The summed E-state index contributed by atoms with van der Waals surface area (Å²) in [5.74, 6) is 1.78. The molecule has 0 spiro atoms. The van der Waals surface area contributed by atoms with Crippen molar-refractivity contribution in [1.82, 2.24) is 24.1 Å². The highest BCUT2D eigenvalue weighted by Crippen LogP contribution is 2.44. The summed E-state index contributed by atoms with van der Waals surface area (Å²) in [6.07, 6.45) is 0. The van der Waals surface area contributed by atoms with Gasteiger partial charge in [-0.15, -0.1) is 11.3 Å². The van der Waals surface area contributed by atoms with E-state index >= 15 is 0 Å². The molecule has 5 heterocycles. The molecule has 0 atom stereocenters. The van der Waals surface area contributed by atoms with Gasteiger partial charge in [0.25, 0.3) is 0 Å². The first-order chi connectivity index (χ1) is 33.7. The first-order valence-electron chi connectivity index (χ1n) is 22.8. The van der Waals surface area contributed by atoms with Gasteiger partial charge >= 0.3 is 0 Å². The predicted octanol–water partition coefficient (Wildman–Crippen LogP) is 16.5. The lowest BCUT2D eigenvalue weighted by molar-refractivity contribution is 0.666. The van der Waals surface area contributed by atoms with E-state index in [2.05, 4.69) is 209 Å². The summed E-state index contributed by atoms with van der Waals surface area (Å²) in [7, 11) is 0. The van der Waals surface area contributed by atoms with Gasteiger partial charge in [0, 0.05) is 74.9 Å². The standard InChI is InChI=1S/C61H35N5OS/c1-2-16-40(17-3-1)65-49-22-10-6-18-41(49)47-33-38(27-30-51(47)65)59-62-60(39-26-28-44-43-20-9-13-25-55(43)68-56(44)35-39)64-61(63-59)46-29-31-52(58-57(46)45-21-8-12-24-54(45)67-58)66-50-23-11-7-19-42(50)48-32-36-14-4-5-15-37(36)34-53(48)66/h1-35H. The van der Waals surface area contributed by atoms with E-state index in [4.69, 9.17) is 19.4 Å². The first-order valence-corrected chi connectivity index (χ1v) is 23.7. The lowest BCUT2D eigenvalue weighted by Crippen LogP contribution is -2.01. The maximum atomic E-state index is 7.00. The van der Waals surface area contributed by atoms with E-state index in [0.717, 1.165) is 82.8 Å². The van der Waals surface area contributed by atoms with E-state index in [1.165, 1.54) is 41.7 Å².